The number of nitrogens with one attached hydrogen (secondary N) is 1. The van der Waals surface area contributed by atoms with E-state index >= 15 is 0 Å². The van der Waals surface area contributed by atoms with Crippen LogP contribution in [-0.4, -0.2) is 46.3 Å². The van der Waals surface area contributed by atoms with Gasteiger partial charge in [-0.3, -0.25) is 4.79 Å². The average molecular weight is 530 g/mol. The molecule has 0 unspecified atom stereocenters. The number of amides is 1. The molecule has 0 radical (unpaired) electrons. The van der Waals surface area contributed by atoms with Crippen LogP contribution >= 0.6 is 0 Å². The topological polar surface area (TPSA) is 111 Å². The number of aromatic nitrogens is 2. The van der Waals surface area contributed by atoms with Crippen LogP contribution in [-0.2, 0) is 0 Å². The van der Waals surface area contributed by atoms with E-state index in [0.717, 1.165) is 93.3 Å². The summed E-state index contributed by atoms with van der Waals surface area (Å²) < 4.78 is 6.09. The number of aliphatic hydroxyl groups is 1. The second-order valence-electron chi connectivity index (χ2n) is 11.4. The average Bonchev–Trinajstić information content (AvgIpc) is 2.96. The minimum Gasteiger partial charge on any atom is -0.490 e. The third kappa shape index (κ3) is 7.15. The number of aryl methyl sites for hydroxylation is 1. The fourth-order valence-corrected chi connectivity index (χ4v) is 6.10. The summed E-state index contributed by atoms with van der Waals surface area (Å²) in [7, 11) is 0. The zero-order valence-corrected chi connectivity index (χ0v) is 22.8. The molecule has 8 heteroatoms. The highest BCUT2D eigenvalue weighted by Crippen LogP contribution is 2.33. The molecule has 2 heterocycles. The minimum atomic E-state index is -0.189. The first-order valence-corrected chi connectivity index (χ1v) is 14.4. The predicted molar refractivity (Wildman–Crippen MR) is 149 cm³/mol. The quantitative estimate of drug-likeness (QED) is 0.516. The normalized spacial score (nSPS) is 24.0. The molecule has 2 N–H and O–H groups in total. The van der Waals surface area contributed by atoms with Gasteiger partial charge in [-0.25, -0.2) is 9.97 Å². The van der Waals surface area contributed by atoms with E-state index in [9.17, 15) is 9.90 Å². The number of carbonyl (C=O) groups is 1. The van der Waals surface area contributed by atoms with Gasteiger partial charge in [-0.2, -0.15) is 5.26 Å². The Balaban J connectivity index is 1.06. The van der Waals surface area contributed by atoms with Gasteiger partial charge in [0, 0.05) is 37.6 Å². The van der Waals surface area contributed by atoms with E-state index in [1.54, 1.807) is 18.5 Å². The lowest BCUT2D eigenvalue weighted by molar-refractivity contribution is 0.0959. The zero-order chi connectivity index (χ0) is 27.2. The second-order valence-corrected chi connectivity index (χ2v) is 11.4. The maximum absolute atomic E-state index is 12.8. The molecule has 0 spiro atoms. The Morgan fingerprint density at radius 1 is 1.10 bits per heavy atom. The fraction of sp³-hybridized carbons (Fsp3) is 0.548. The lowest BCUT2D eigenvalue weighted by Crippen LogP contribution is -2.36. The Morgan fingerprint density at radius 3 is 2.46 bits per heavy atom. The molecule has 1 aliphatic heterocycles. The number of hydrogen-bond donors (Lipinski definition) is 2. The zero-order valence-electron chi connectivity index (χ0n) is 22.8. The Hall–Kier alpha value is -3.44. The second kappa shape index (κ2) is 12.6. The summed E-state index contributed by atoms with van der Waals surface area (Å²) in [6, 6.07) is 7.70. The molecule has 8 nitrogen and oxygen atoms in total. The van der Waals surface area contributed by atoms with E-state index in [0.29, 0.717) is 23.5 Å². The van der Waals surface area contributed by atoms with Crippen LogP contribution in [0.3, 0.4) is 0 Å². The van der Waals surface area contributed by atoms with Gasteiger partial charge in [0.2, 0.25) is 5.95 Å². The fourth-order valence-electron chi connectivity index (χ4n) is 6.10. The Bertz CT molecular complexity index is 1210. The summed E-state index contributed by atoms with van der Waals surface area (Å²) in [6.45, 7) is 3.80. The number of rotatable bonds is 7. The lowest BCUT2D eigenvalue weighted by atomic mass is 9.79. The van der Waals surface area contributed by atoms with Crippen LogP contribution in [0.25, 0.3) is 0 Å². The number of nitrogens with zero attached hydrogens (tertiary/aromatic N) is 4. The monoisotopic (exact) mass is 529 g/mol. The number of hydrogen-bond acceptors (Lipinski definition) is 7. The largest absolute Gasteiger partial charge is 0.490 e. The SMILES string of the molecule is Cc1cc(O[C@H]2CC=C(NC(=O)c3cnc(N4CCC(CC5CCC(O)CC5)CC4)nc3)CC2)ccc1C#N. The highest BCUT2D eigenvalue weighted by atomic mass is 16.5. The predicted octanol–water partition coefficient (Wildman–Crippen LogP) is 5.06. The number of carbonyl (C=O) groups excluding carboxylic acids is 1. The van der Waals surface area contributed by atoms with Gasteiger partial charge in [-0.05, 0) is 100 Å². The molecule has 0 bridgehead atoms. The molecule has 3 aliphatic rings. The van der Waals surface area contributed by atoms with Crippen molar-refractivity contribution in [2.24, 2.45) is 11.8 Å². The van der Waals surface area contributed by atoms with E-state index in [1.165, 1.54) is 6.42 Å². The first kappa shape index (κ1) is 27.1. The van der Waals surface area contributed by atoms with Crippen molar-refractivity contribution >= 4 is 11.9 Å². The molecule has 1 saturated heterocycles. The van der Waals surface area contributed by atoms with Crippen LogP contribution in [0, 0.1) is 30.1 Å². The maximum Gasteiger partial charge on any atom is 0.258 e. The van der Waals surface area contributed by atoms with Gasteiger partial charge in [0.1, 0.15) is 11.9 Å². The van der Waals surface area contributed by atoms with Gasteiger partial charge in [0.05, 0.1) is 23.3 Å². The first-order chi connectivity index (χ1) is 19.0. The summed E-state index contributed by atoms with van der Waals surface area (Å²) in [5.74, 6) is 2.78. The van der Waals surface area contributed by atoms with Crippen molar-refractivity contribution in [2.45, 2.75) is 83.3 Å². The van der Waals surface area contributed by atoms with Crippen molar-refractivity contribution in [3.8, 4) is 11.8 Å². The van der Waals surface area contributed by atoms with E-state index in [1.807, 2.05) is 25.1 Å². The molecule has 5 rings (SSSR count). The molecule has 1 aromatic carbocycles. The number of ether oxygens (including phenoxy) is 1. The van der Waals surface area contributed by atoms with Crippen LogP contribution in [0.5, 0.6) is 5.75 Å². The van der Waals surface area contributed by atoms with Crippen LogP contribution in [0.2, 0.25) is 0 Å². The maximum atomic E-state index is 12.8. The molecule has 2 aromatic rings. The standard InChI is InChI=1S/C31H39N5O3/c1-21-16-29(9-4-24(21)18-32)39-28-10-5-26(6-11-28)35-30(38)25-19-33-31(34-20-25)36-14-12-23(13-15-36)17-22-2-7-27(37)8-3-22/h4-5,9,16,19-20,22-23,27-28,37H,2-3,6-8,10-15,17H2,1H3,(H,35,38)/t22?,27?,28-/m0/s1. The molecule has 1 saturated carbocycles. The number of anilines is 1. The van der Waals surface area contributed by atoms with Crippen molar-refractivity contribution in [1.29, 1.82) is 5.26 Å². The van der Waals surface area contributed by atoms with Crippen LogP contribution < -0.4 is 15.0 Å². The van der Waals surface area contributed by atoms with Crippen molar-refractivity contribution in [3.63, 3.8) is 0 Å². The Labute approximate surface area is 231 Å². The molecule has 2 aliphatic carbocycles. The number of nitriles is 1. The third-order valence-electron chi connectivity index (χ3n) is 8.54. The molecular formula is C31H39N5O3. The highest BCUT2D eigenvalue weighted by molar-refractivity contribution is 5.94. The van der Waals surface area contributed by atoms with Gasteiger partial charge in [-0.1, -0.05) is 6.08 Å². The summed E-state index contributed by atoms with van der Waals surface area (Å²) in [5, 5.41) is 21.9. The van der Waals surface area contributed by atoms with E-state index in [2.05, 4.69) is 26.3 Å². The number of piperidine rings is 1. The number of allylic oxidation sites excluding steroid dienone is 1. The van der Waals surface area contributed by atoms with Gasteiger partial charge in [0.25, 0.3) is 5.91 Å². The van der Waals surface area contributed by atoms with Gasteiger partial charge < -0.3 is 20.1 Å². The molecular weight excluding hydrogens is 490 g/mol. The highest BCUT2D eigenvalue weighted by Gasteiger charge is 2.26. The molecule has 39 heavy (non-hydrogen) atoms. The Kier molecular flexibility index (Phi) is 8.77. The van der Waals surface area contributed by atoms with Gasteiger partial charge >= 0.3 is 0 Å². The van der Waals surface area contributed by atoms with Crippen molar-refractivity contribution < 1.29 is 14.6 Å². The van der Waals surface area contributed by atoms with Crippen LogP contribution in [0.4, 0.5) is 5.95 Å². The van der Waals surface area contributed by atoms with E-state index < -0.39 is 0 Å². The smallest absolute Gasteiger partial charge is 0.258 e. The summed E-state index contributed by atoms with van der Waals surface area (Å²) in [5.41, 5.74) is 2.92. The molecule has 206 valence electrons. The number of aliphatic hydroxyl groups excluding tert-OH is 1. The van der Waals surface area contributed by atoms with Crippen LogP contribution in [0.15, 0.2) is 42.4 Å². The lowest BCUT2D eigenvalue weighted by Gasteiger charge is -2.35. The summed E-state index contributed by atoms with van der Waals surface area (Å²) in [6.07, 6.45) is 15.3. The van der Waals surface area contributed by atoms with Gasteiger partial charge in [-0.15, -0.1) is 0 Å². The van der Waals surface area contributed by atoms with Gasteiger partial charge in [0.15, 0.2) is 0 Å². The molecule has 1 amide bonds. The van der Waals surface area contributed by atoms with Crippen molar-refractivity contribution in [1.82, 2.24) is 15.3 Å². The summed E-state index contributed by atoms with van der Waals surface area (Å²) in [4.78, 5) is 24.0. The van der Waals surface area contributed by atoms with E-state index in [-0.39, 0.29) is 18.1 Å². The molecule has 1 aromatic heterocycles. The summed E-state index contributed by atoms with van der Waals surface area (Å²) >= 11 is 0. The first-order valence-electron chi connectivity index (χ1n) is 14.4. The van der Waals surface area contributed by atoms with Crippen molar-refractivity contribution in [3.05, 3.63) is 59.1 Å². The molecule has 2 fully saturated rings. The Morgan fingerprint density at radius 2 is 1.82 bits per heavy atom. The third-order valence-corrected chi connectivity index (χ3v) is 8.54. The van der Waals surface area contributed by atoms with E-state index in [4.69, 9.17) is 10.00 Å². The number of benzene rings is 1. The van der Waals surface area contributed by atoms with Crippen LogP contribution in [0.1, 0.15) is 85.7 Å². The van der Waals surface area contributed by atoms with Crippen molar-refractivity contribution in [2.75, 3.05) is 18.0 Å². The minimum absolute atomic E-state index is 0.0420. The molecule has 1 atom stereocenters.